The Morgan fingerprint density at radius 2 is 1.70 bits per heavy atom. The molecular formula is C14H17N3O5S. The molecule has 124 valence electrons. The molecule has 1 atom stereocenters. The van der Waals surface area contributed by atoms with Crippen LogP contribution in [0.5, 0.6) is 11.8 Å². The van der Waals surface area contributed by atoms with Crippen molar-refractivity contribution in [2.24, 2.45) is 0 Å². The van der Waals surface area contributed by atoms with Gasteiger partial charge in [-0.25, -0.2) is 8.42 Å². The molecule has 1 unspecified atom stereocenters. The van der Waals surface area contributed by atoms with Crippen molar-refractivity contribution in [1.29, 1.82) is 0 Å². The molecule has 1 heterocycles. The summed E-state index contributed by atoms with van der Waals surface area (Å²) in [4.78, 5) is 8.15. The molecule has 0 amide bonds. The maximum Gasteiger partial charge on any atom is 0.229 e. The smallest absolute Gasteiger partial charge is 0.229 e. The third-order valence-corrected chi connectivity index (χ3v) is 3.50. The van der Waals surface area contributed by atoms with E-state index in [4.69, 9.17) is 9.47 Å². The second-order valence-electron chi connectivity index (χ2n) is 4.67. The highest BCUT2D eigenvalue weighted by Crippen LogP contribution is 2.29. The topological polar surface area (TPSA) is 111 Å². The van der Waals surface area contributed by atoms with Gasteiger partial charge in [0.2, 0.25) is 21.8 Å². The van der Waals surface area contributed by atoms with E-state index in [0.717, 1.165) is 6.26 Å². The predicted molar refractivity (Wildman–Crippen MR) is 84.1 cm³/mol. The van der Waals surface area contributed by atoms with Gasteiger partial charge in [-0.1, -0.05) is 18.2 Å². The van der Waals surface area contributed by atoms with Gasteiger partial charge >= 0.3 is 0 Å². The van der Waals surface area contributed by atoms with Crippen molar-refractivity contribution in [3.63, 3.8) is 0 Å². The van der Waals surface area contributed by atoms with Crippen molar-refractivity contribution in [3.8, 4) is 11.8 Å². The van der Waals surface area contributed by atoms with Crippen LogP contribution in [-0.2, 0) is 10.0 Å². The minimum Gasteiger partial charge on any atom is -0.481 e. The minimum absolute atomic E-state index is 0.0314. The molecule has 2 N–H and O–H groups in total. The van der Waals surface area contributed by atoms with E-state index >= 15 is 0 Å². The summed E-state index contributed by atoms with van der Waals surface area (Å²) < 4.78 is 35.3. The largest absolute Gasteiger partial charge is 0.481 e. The first-order valence-electron chi connectivity index (χ1n) is 6.56. The molecule has 0 fully saturated rings. The van der Waals surface area contributed by atoms with Crippen LogP contribution in [0.25, 0.3) is 0 Å². The fraction of sp³-hybridized carbons (Fsp3) is 0.286. The van der Waals surface area contributed by atoms with Gasteiger partial charge in [0, 0.05) is 5.56 Å². The Bertz CT molecular complexity index is 772. The quantitative estimate of drug-likeness (QED) is 0.806. The van der Waals surface area contributed by atoms with Crippen LogP contribution in [0.1, 0.15) is 17.5 Å². The lowest BCUT2D eigenvalue weighted by Crippen LogP contribution is -2.14. The van der Waals surface area contributed by atoms with Gasteiger partial charge < -0.3 is 14.6 Å². The van der Waals surface area contributed by atoms with Gasteiger partial charge in [0.15, 0.2) is 5.82 Å². The molecule has 0 saturated heterocycles. The first kappa shape index (κ1) is 17.0. The van der Waals surface area contributed by atoms with E-state index < -0.39 is 16.1 Å². The Balaban J connectivity index is 2.47. The van der Waals surface area contributed by atoms with E-state index in [2.05, 4.69) is 14.7 Å². The van der Waals surface area contributed by atoms with E-state index in [0.29, 0.717) is 5.56 Å². The third-order valence-electron chi connectivity index (χ3n) is 2.91. The second kappa shape index (κ2) is 6.80. The molecule has 2 aromatic rings. The van der Waals surface area contributed by atoms with Crippen molar-refractivity contribution in [1.82, 2.24) is 9.97 Å². The standard InChI is InChI=1S/C14H17N3O5S/c1-21-11-8-12(22-2)16-14(15-11)13(18)9-6-4-5-7-10(9)17-23(3,19)20/h4-8,13,17-18H,1-3H3. The lowest BCUT2D eigenvalue weighted by molar-refractivity contribution is 0.206. The molecule has 0 aliphatic heterocycles. The van der Waals surface area contributed by atoms with E-state index in [1.807, 2.05) is 0 Å². The van der Waals surface area contributed by atoms with Crippen LogP contribution in [0, 0.1) is 0 Å². The first-order chi connectivity index (χ1) is 10.8. The van der Waals surface area contributed by atoms with Crippen LogP contribution in [0.15, 0.2) is 30.3 Å². The number of hydrogen-bond acceptors (Lipinski definition) is 7. The van der Waals surface area contributed by atoms with E-state index in [1.165, 1.54) is 26.4 Å². The molecule has 0 bridgehead atoms. The molecule has 1 aromatic carbocycles. The van der Waals surface area contributed by atoms with Crippen LogP contribution >= 0.6 is 0 Å². The Hall–Kier alpha value is -2.39. The van der Waals surface area contributed by atoms with Crippen LogP contribution in [-0.4, -0.2) is 44.0 Å². The van der Waals surface area contributed by atoms with Crippen LogP contribution in [0.4, 0.5) is 5.69 Å². The molecular weight excluding hydrogens is 322 g/mol. The molecule has 0 spiro atoms. The summed E-state index contributed by atoms with van der Waals surface area (Å²) >= 11 is 0. The zero-order chi connectivity index (χ0) is 17.0. The number of methoxy groups -OCH3 is 2. The molecule has 0 aliphatic rings. The number of aromatic nitrogens is 2. The average Bonchev–Trinajstić information content (AvgIpc) is 2.52. The third kappa shape index (κ3) is 4.30. The summed E-state index contributed by atoms with van der Waals surface area (Å²) in [6.07, 6.45) is -0.231. The van der Waals surface area contributed by atoms with Crippen molar-refractivity contribution in [2.45, 2.75) is 6.10 Å². The molecule has 8 nitrogen and oxygen atoms in total. The van der Waals surface area contributed by atoms with E-state index in [-0.39, 0.29) is 23.3 Å². The van der Waals surface area contributed by atoms with Gasteiger partial charge in [0.25, 0.3) is 0 Å². The number of nitrogens with zero attached hydrogens (tertiary/aromatic N) is 2. The Morgan fingerprint density at radius 1 is 1.13 bits per heavy atom. The number of sulfonamides is 1. The van der Waals surface area contributed by atoms with Crippen LogP contribution in [0.3, 0.4) is 0 Å². The Labute approximate surface area is 134 Å². The summed E-state index contributed by atoms with van der Waals surface area (Å²) in [5, 5.41) is 10.5. The SMILES string of the molecule is COc1cc(OC)nc(C(O)c2ccccc2NS(C)(=O)=O)n1. The highest BCUT2D eigenvalue weighted by Gasteiger charge is 2.20. The van der Waals surface area contributed by atoms with Gasteiger partial charge in [0.1, 0.15) is 6.10 Å². The highest BCUT2D eigenvalue weighted by atomic mass is 32.2. The van der Waals surface area contributed by atoms with Crippen LogP contribution in [0.2, 0.25) is 0 Å². The lowest BCUT2D eigenvalue weighted by Gasteiger charge is -2.16. The van der Waals surface area contributed by atoms with Gasteiger partial charge in [-0.3, -0.25) is 4.72 Å². The van der Waals surface area contributed by atoms with Crippen LogP contribution < -0.4 is 14.2 Å². The zero-order valence-electron chi connectivity index (χ0n) is 12.8. The number of nitrogens with one attached hydrogen (secondary N) is 1. The number of hydrogen-bond donors (Lipinski definition) is 2. The molecule has 2 rings (SSSR count). The number of rotatable bonds is 6. The zero-order valence-corrected chi connectivity index (χ0v) is 13.7. The van der Waals surface area contributed by atoms with Gasteiger partial charge in [-0.05, 0) is 6.07 Å². The monoisotopic (exact) mass is 339 g/mol. The van der Waals surface area contributed by atoms with Crippen molar-refractivity contribution < 1.29 is 23.0 Å². The predicted octanol–water partition coefficient (Wildman–Crippen LogP) is 0.947. The van der Waals surface area contributed by atoms with E-state index in [1.54, 1.807) is 18.2 Å². The van der Waals surface area contributed by atoms with Gasteiger partial charge in [-0.2, -0.15) is 9.97 Å². The molecule has 0 saturated carbocycles. The summed E-state index contributed by atoms with van der Waals surface area (Å²) in [6, 6.07) is 7.90. The summed E-state index contributed by atoms with van der Waals surface area (Å²) in [7, 11) is -0.637. The fourth-order valence-electron chi connectivity index (χ4n) is 1.92. The van der Waals surface area contributed by atoms with E-state index in [9.17, 15) is 13.5 Å². The highest BCUT2D eigenvalue weighted by molar-refractivity contribution is 7.92. The molecule has 0 radical (unpaired) electrons. The number of para-hydroxylation sites is 1. The lowest BCUT2D eigenvalue weighted by atomic mass is 10.1. The summed E-state index contributed by atoms with van der Waals surface area (Å²) in [5.74, 6) is 0.475. The summed E-state index contributed by atoms with van der Waals surface area (Å²) in [5.41, 5.74) is 0.557. The first-order valence-corrected chi connectivity index (χ1v) is 8.45. The number of ether oxygens (including phenoxy) is 2. The van der Waals surface area contributed by atoms with Crippen molar-refractivity contribution in [2.75, 3.05) is 25.2 Å². The fourth-order valence-corrected chi connectivity index (χ4v) is 2.50. The second-order valence-corrected chi connectivity index (χ2v) is 6.42. The number of aliphatic hydroxyl groups excluding tert-OH is 1. The maximum absolute atomic E-state index is 11.4. The number of anilines is 1. The number of benzene rings is 1. The molecule has 0 aliphatic carbocycles. The Kier molecular flexibility index (Phi) is 5.02. The molecule has 23 heavy (non-hydrogen) atoms. The van der Waals surface area contributed by atoms with Gasteiger partial charge in [-0.15, -0.1) is 0 Å². The normalized spacial score (nSPS) is 12.5. The molecule has 9 heteroatoms. The Morgan fingerprint density at radius 3 is 2.22 bits per heavy atom. The number of aliphatic hydroxyl groups is 1. The van der Waals surface area contributed by atoms with Crippen molar-refractivity contribution >= 4 is 15.7 Å². The maximum atomic E-state index is 11.4. The van der Waals surface area contributed by atoms with Gasteiger partial charge in [0.05, 0.1) is 32.2 Å². The average molecular weight is 339 g/mol. The minimum atomic E-state index is -3.49. The van der Waals surface area contributed by atoms with Crippen molar-refractivity contribution in [3.05, 3.63) is 41.7 Å². The summed E-state index contributed by atoms with van der Waals surface area (Å²) in [6.45, 7) is 0. The molecule has 1 aromatic heterocycles.